The number of piperazine rings is 1. The second-order valence-electron chi connectivity index (χ2n) is 18.8. The molecule has 8 atom stereocenters. The van der Waals surface area contributed by atoms with Crippen molar-refractivity contribution in [3.8, 4) is 0 Å². The summed E-state index contributed by atoms with van der Waals surface area (Å²) in [6.07, 6.45) is -0.0681. The predicted octanol–water partition coefficient (Wildman–Crippen LogP) is 1.36. The van der Waals surface area contributed by atoms with Crippen molar-refractivity contribution >= 4 is 77.4 Å². The SMILES string of the molecule is CC(C)(C)[Si](C)(C)O[C@H]1C[C@]12C(=O)N1[C@@H](C(=O)O)C(C)(C)S(=O)(=O)[C@@H]12.CCN1CCN(C(=O)N[C@@H](C(=O)N[C@@H]2C(=O)N3[C@@H]2SC(C)(C)[C@@H]3C(=O)O)c2ccccc2)C(=O)C1=O. The van der Waals surface area contributed by atoms with Gasteiger partial charge in [0.05, 0.1) is 10.9 Å². The molecule has 1 aromatic carbocycles. The topological polar surface area (TPSA) is 257 Å². The molecule has 19 nitrogen and oxygen atoms in total. The van der Waals surface area contributed by atoms with E-state index in [1.165, 1.54) is 35.4 Å². The van der Waals surface area contributed by atoms with Gasteiger partial charge in [0, 0.05) is 24.4 Å². The number of carbonyl (C=O) groups excluding carboxylic acids is 6. The van der Waals surface area contributed by atoms with E-state index in [2.05, 4.69) is 44.5 Å². The fourth-order valence-electron chi connectivity index (χ4n) is 8.62. The van der Waals surface area contributed by atoms with Crippen molar-refractivity contribution in [3.05, 3.63) is 35.9 Å². The highest BCUT2D eigenvalue weighted by Crippen LogP contribution is 2.68. The summed E-state index contributed by atoms with van der Waals surface area (Å²) < 4.78 is 30.0. The van der Waals surface area contributed by atoms with Crippen LogP contribution in [-0.2, 0) is 47.8 Å². The van der Waals surface area contributed by atoms with Gasteiger partial charge in [-0.25, -0.2) is 22.8 Å². The molecule has 6 fully saturated rings. The van der Waals surface area contributed by atoms with Crippen LogP contribution in [-0.4, -0.2) is 158 Å². The monoisotopic (exact) mass is 906 g/mol. The number of benzene rings is 1. The highest BCUT2D eigenvalue weighted by Gasteiger charge is 2.86. The number of rotatable bonds is 9. The Labute approximate surface area is 359 Å². The van der Waals surface area contributed by atoms with Crippen molar-refractivity contribution in [2.75, 3.05) is 19.6 Å². The van der Waals surface area contributed by atoms with Gasteiger partial charge in [-0.05, 0) is 64.7 Å². The molecule has 0 radical (unpaired) electrons. The van der Waals surface area contributed by atoms with Gasteiger partial charge in [0.15, 0.2) is 23.5 Å². The Morgan fingerprint density at radius 3 is 2.07 bits per heavy atom. The van der Waals surface area contributed by atoms with Crippen LogP contribution in [0.5, 0.6) is 0 Å². The Morgan fingerprint density at radius 1 is 0.934 bits per heavy atom. The minimum absolute atomic E-state index is 0.0200. The molecular formula is C39H54N6O13S2Si. The molecule has 5 saturated heterocycles. The van der Waals surface area contributed by atoms with Gasteiger partial charge in [-0.1, -0.05) is 51.1 Å². The van der Waals surface area contributed by atoms with Crippen LogP contribution in [0.2, 0.25) is 18.1 Å². The van der Waals surface area contributed by atoms with E-state index < -0.39 is 116 Å². The number of hydrogen-bond donors (Lipinski definition) is 4. The van der Waals surface area contributed by atoms with E-state index in [1.54, 1.807) is 51.1 Å². The molecule has 61 heavy (non-hydrogen) atoms. The number of β-lactam (4-membered cyclic amide) rings is 2. The number of imide groups is 1. The van der Waals surface area contributed by atoms with Crippen molar-refractivity contribution in [1.29, 1.82) is 0 Å². The van der Waals surface area contributed by atoms with Crippen molar-refractivity contribution in [2.24, 2.45) is 5.41 Å². The van der Waals surface area contributed by atoms with E-state index in [0.717, 1.165) is 9.80 Å². The number of sulfone groups is 1. The molecule has 6 aliphatic rings. The van der Waals surface area contributed by atoms with Gasteiger partial charge in [0.1, 0.15) is 35.0 Å². The van der Waals surface area contributed by atoms with Crippen LogP contribution < -0.4 is 10.6 Å². The number of aliphatic carboxylic acids is 2. The third-order valence-electron chi connectivity index (χ3n) is 13.3. The lowest BCUT2D eigenvalue weighted by Crippen LogP contribution is -2.71. The summed E-state index contributed by atoms with van der Waals surface area (Å²) in [5, 5.41) is 22.5. The molecule has 5 heterocycles. The lowest BCUT2D eigenvalue weighted by molar-refractivity contribution is -0.167. The molecule has 7 amide bonds. The Bertz CT molecular complexity index is 2200. The van der Waals surface area contributed by atoms with Crippen LogP contribution in [0.15, 0.2) is 30.3 Å². The molecule has 7 rings (SSSR count). The summed E-state index contributed by atoms with van der Waals surface area (Å²) >= 11 is 1.28. The van der Waals surface area contributed by atoms with Gasteiger partial charge in [0.2, 0.25) is 17.7 Å². The molecule has 0 bridgehead atoms. The standard InChI is InChI=1S/C23H27N5O7S.C16H27NO6SSi/c1-4-26-10-11-27(19(32)18(26)31)22(35)25-13(12-8-6-5-7-9-12)16(29)24-14-17(30)28-15(21(33)34)23(2,3)36-20(14)28;1-14(2,3)25(6,7)23-9-8-16(9)12(20)17-10(11(18)19)15(4,5)24(21,22)13(16)17/h5-9,13-15,20H,4,10-11H2,1-3H3,(H,24,29)(H,25,35)(H,33,34);9-10,13H,8H2,1-7H3,(H,18,19)/t13-,14-,15+,20-;9-,10-,13+,16+/m10/s1. The normalized spacial score (nSPS) is 30.9. The zero-order valence-electron chi connectivity index (χ0n) is 35.7. The Morgan fingerprint density at radius 2 is 1.52 bits per heavy atom. The second kappa shape index (κ2) is 15.1. The Balaban J connectivity index is 0.000000218. The number of nitrogens with zero attached hydrogens (tertiary/aromatic N) is 4. The summed E-state index contributed by atoms with van der Waals surface area (Å²) in [7, 11) is -5.96. The molecule has 334 valence electrons. The van der Waals surface area contributed by atoms with Crippen LogP contribution in [0, 0.1) is 5.41 Å². The van der Waals surface area contributed by atoms with Crippen LogP contribution >= 0.6 is 11.8 Å². The average molecular weight is 907 g/mol. The average Bonchev–Trinajstić information content (AvgIpc) is 3.78. The van der Waals surface area contributed by atoms with E-state index in [4.69, 9.17) is 4.43 Å². The van der Waals surface area contributed by atoms with Crippen LogP contribution in [0.25, 0.3) is 0 Å². The molecule has 1 spiro atoms. The number of amides is 7. The van der Waals surface area contributed by atoms with E-state index in [1.807, 2.05) is 0 Å². The molecule has 0 unspecified atom stereocenters. The van der Waals surface area contributed by atoms with E-state index in [0.29, 0.717) is 18.5 Å². The van der Waals surface area contributed by atoms with Crippen molar-refractivity contribution in [1.82, 2.24) is 30.2 Å². The maximum Gasteiger partial charge on any atom is 0.328 e. The molecule has 0 aromatic heterocycles. The smallest absolute Gasteiger partial charge is 0.328 e. The third-order valence-corrected chi connectivity index (χ3v) is 22.3. The lowest BCUT2D eigenvalue weighted by Gasteiger charge is -2.45. The first-order valence-corrected chi connectivity index (χ1v) is 25.3. The zero-order valence-corrected chi connectivity index (χ0v) is 38.4. The summed E-state index contributed by atoms with van der Waals surface area (Å²) in [6.45, 7) is 18.8. The van der Waals surface area contributed by atoms with E-state index in [-0.39, 0.29) is 24.0 Å². The first-order valence-electron chi connectivity index (χ1n) is 20.0. The molecule has 1 aliphatic carbocycles. The van der Waals surface area contributed by atoms with E-state index >= 15 is 0 Å². The molecule has 1 saturated carbocycles. The van der Waals surface area contributed by atoms with Gasteiger partial charge in [-0.2, -0.15) is 0 Å². The number of carbonyl (C=O) groups is 8. The Kier molecular flexibility index (Phi) is 11.4. The van der Waals surface area contributed by atoms with Gasteiger partial charge in [0.25, 0.3) is 0 Å². The fraction of sp³-hybridized carbons (Fsp3) is 0.641. The minimum Gasteiger partial charge on any atom is -0.480 e. The fourth-order valence-corrected chi connectivity index (χ4v) is 14.1. The quantitative estimate of drug-likeness (QED) is 0.155. The summed E-state index contributed by atoms with van der Waals surface area (Å²) in [5.41, 5.74) is -0.670. The number of thioether (sulfide) groups is 1. The van der Waals surface area contributed by atoms with Gasteiger partial charge >= 0.3 is 29.8 Å². The molecule has 1 aromatic rings. The number of likely N-dealkylation sites (N-methyl/N-ethyl adjacent to an activating group) is 1. The first kappa shape index (κ1) is 46.0. The molecular weight excluding hydrogens is 853 g/mol. The number of carboxylic acid groups (broad SMARTS) is 2. The molecule has 22 heteroatoms. The van der Waals surface area contributed by atoms with E-state index in [9.17, 15) is 57.0 Å². The summed E-state index contributed by atoms with van der Waals surface area (Å²) in [6, 6.07) is 2.77. The third kappa shape index (κ3) is 7.09. The summed E-state index contributed by atoms with van der Waals surface area (Å²) in [5.74, 6) is -5.78. The van der Waals surface area contributed by atoms with Crippen molar-refractivity contribution < 1.29 is 61.4 Å². The number of nitrogens with one attached hydrogen (secondary N) is 2. The Hall–Kier alpha value is -4.54. The second-order valence-corrected chi connectivity index (χ2v) is 27.9. The summed E-state index contributed by atoms with van der Waals surface area (Å²) in [4.78, 5) is 104. The van der Waals surface area contributed by atoms with Crippen molar-refractivity contribution in [2.45, 2.75) is 130 Å². The predicted molar refractivity (Wildman–Crippen MR) is 222 cm³/mol. The number of carboxylic acids is 2. The highest BCUT2D eigenvalue weighted by atomic mass is 32.2. The molecule has 4 N–H and O–H groups in total. The molecule has 5 aliphatic heterocycles. The minimum atomic E-state index is -3.80. The van der Waals surface area contributed by atoms with Gasteiger partial charge < -0.3 is 40.0 Å². The van der Waals surface area contributed by atoms with Gasteiger partial charge in [-0.3, -0.25) is 28.9 Å². The zero-order chi connectivity index (χ0) is 45.7. The van der Waals surface area contributed by atoms with Crippen molar-refractivity contribution in [3.63, 3.8) is 0 Å². The van der Waals surface area contributed by atoms with Crippen LogP contribution in [0.4, 0.5) is 4.79 Å². The van der Waals surface area contributed by atoms with Gasteiger partial charge in [-0.15, -0.1) is 11.8 Å². The maximum atomic E-state index is 13.3. The maximum absolute atomic E-state index is 13.3. The number of urea groups is 1. The highest BCUT2D eigenvalue weighted by molar-refractivity contribution is 8.01. The first-order chi connectivity index (χ1) is 28.0. The lowest BCUT2D eigenvalue weighted by atomic mass is 9.89. The van der Waals surface area contributed by atoms with Crippen LogP contribution in [0.3, 0.4) is 0 Å². The number of hydrogen-bond acceptors (Lipinski definition) is 12. The number of fused-ring (bicyclic) bond motifs is 3. The largest absolute Gasteiger partial charge is 0.480 e. The van der Waals surface area contributed by atoms with Crippen LogP contribution in [0.1, 0.15) is 73.4 Å².